The van der Waals surface area contributed by atoms with Crippen LogP contribution in [0, 0.1) is 20.8 Å². The average molecular weight is 352 g/mol. The minimum Gasteiger partial charge on any atom is -0.482 e. The Morgan fingerprint density at radius 2 is 1.81 bits per heavy atom. The monoisotopic (exact) mass is 352 g/mol. The molecule has 1 heterocycles. The van der Waals surface area contributed by atoms with Crippen LogP contribution in [0.4, 0.5) is 0 Å². The molecule has 0 unspecified atom stereocenters. The quantitative estimate of drug-likeness (QED) is 0.516. The van der Waals surface area contributed by atoms with Crippen LogP contribution in [0.5, 0.6) is 5.75 Å². The molecule has 0 aliphatic carbocycles. The number of rotatable bonds is 5. The van der Waals surface area contributed by atoms with Gasteiger partial charge in [-0.25, -0.2) is 9.59 Å². The smallest absolute Gasteiger partial charge is 0.344 e. The van der Waals surface area contributed by atoms with Crippen molar-refractivity contribution in [3.05, 3.63) is 75.1 Å². The van der Waals surface area contributed by atoms with Gasteiger partial charge >= 0.3 is 11.6 Å². The molecule has 0 bridgehead atoms. The highest BCUT2D eigenvalue weighted by atomic mass is 16.6. The van der Waals surface area contributed by atoms with E-state index in [4.69, 9.17) is 13.9 Å². The molecule has 134 valence electrons. The molecule has 0 fully saturated rings. The highest BCUT2D eigenvalue weighted by molar-refractivity contribution is 5.81. The molecule has 0 N–H and O–H groups in total. The first-order valence-corrected chi connectivity index (χ1v) is 8.31. The first kappa shape index (κ1) is 17.7. The number of benzene rings is 2. The van der Waals surface area contributed by atoms with Crippen molar-refractivity contribution in [3.63, 3.8) is 0 Å². The number of aryl methyl sites for hydroxylation is 3. The number of hydrogen-bond acceptors (Lipinski definition) is 5. The lowest BCUT2D eigenvalue weighted by molar-refractivity contribution is -0.147. The average Bonchev–Trinajstić information content (AvgIpc) is 2.60. The Morgan fingerprint density at radius 1 is 1.00 bits per heavy atom. The van der Waals surface area contributed by atoms with Gasteiger partial charge in [0.25, 0.3) is 0 Å². The van der Waals surface area contributed by atoms with Crippen molar-refractivity contribution in [1.29, 1.82) is 0 Å². The Kier molecular flexibility index (Phi) is 5.07. The molecule has 5 nitrogen and oxygen atoms in total. The molecule has 0 radical (unpaired) electrons. The number of hydrogen-bond donors (Lipinski definition) is 0. The highest BCUT2D eigenvalue weighted by Gasteiger charge is 2.10. The fourth-order valence-corrected chi connectivity index (χ4v) is 2.60. The van der Waals surface area contributed by atoms with E-state index in [-0.39, 0.29) is 13.2 Å². The zero-order valence-corrected chi connectivity index (χ0v) is 15.0. The van der Waals surface area contributed by atoms with E-state index in [1.165, 1.54) is 6.07 Å². The van der Waals surface area contributed by atoms with Crippen LogP contribution in [-0.2, 0) is 16.1 Å². The third-order valence-corrected chi connectivity index (χ3v) is 4.21. The third kappa shape index (κ3) is 4.11. The van der Waals surface area contributed by atoms with Crippen LogP contribution < -0.4 is 10.4 Å². The summed E-state index contributed by atoms with van der Waals surface area (Å²) in [6, 6.07) is 12.5. The predicted molar refractivity (Wildman–Crippen MR) is 98.4 cm³/mol. The molecular weight excluding hydrogens is 332 g/mol. The van der Waals surface area contributed by atoms with Crippen molar-refractivity contribution < 1.29 is 18.7 Å². The molecule has 0 aliphatic rings. The molecule has 1 aromatic heterocycles. The largest absolute Gasteiger partial charge is 0.482 e. The molecule has 26 heavy (non-hydrogen) atoms. The van der Waals surface area contributed by atoms with Gasteiger partial charge in [0.2, 0.25) is 0 Å². The second-order valence-corrected chi connectivity index (χ2v) is 6.29. The zero-order valence-electron chi connectivity index (χ0n) is 15.0. The second-order valence-electron chi connectivity index (χ2n) is 6.29. The molecular formula is C21H20O5. The molecule has 0 saturated carbocycles. The van der Waals surface area contributed by atoms with Gasteiger partial charge in [-0.05, 0) is 55.7 Å². The molecule has 3 aromatic rings. The molecule has 2 aromatic carbocycles. The van der Waals surface area contributed by atoms with Crippen LogP contribution in [0.25, 0.3) is 11.0 Å². The Bertz CT molecular complexity index is 1020. The van der Waals surface area contributed by atoms with Crippen molar-refractivity contribution in [2.45, 2.75) is 27.4 Å². The lowest BCUT2D eigenvalue weighted by atomic mass is 10.1. The maximum absolute atomic E-state index is 12.0. The summed E-state index contributed by atoms with van der Waals surface area (Å²) in [5, 5.41) is 0.748. The van der Waals surface area contributed by atoms with Crippen molar-refractivity contribution in [3.8, 4) is 5.75 Å². The second kappa shape index (κ2) is 7.44. The standard InChI is InChI=1S/C21H20O5/c1-13-4-7-18-16(10-20(22)26-19(18)8-13)11-25-21(23)12-24-17-6-5-14(2)15(3)9-17/h4-10H,11-12H2,1-3H3. The summed E-state index contributed by atoms with van der Waals surface area (Å²) in [6.07, 6.45) is 0. The van der Waals surface area contributed by atoms with Gasteiger partial charge in [-0.3, -0.25) is 0 Å². The number of esters is 1. The van der Waals surface area contributed by atoms with Gasteiger partial charge in [-0.1, -0.05) is 18.2 Å². The molecule has 3 rings (SSSR count). The van der Waals surface area contributed by atoms with Crippen LogP contribution in [-0.4, -0.2) is 12.6 Å². The first-order chi connectivity index (χ1) is 12.4. The van der Waals surface area contributed by atoms with E-state index in [0.29, 0.717) is 16.9 Å². The third-order valence-electron chi connectivity index (χ3n) is 4.21. The summed E-state index contributed by atoms with van der Waals surface area (Å²) >= 11 is 0. The summed E-state index contributed by atoms with van der Waals surface area (Å²) in [4.78, 5) is 23.7. The summed E-state index contributed by atoms with van der Waals surface area (Å²) in [6.45, 7) is 5.70. The number of carbonyl (C=O) groups is 1. The van der Waals surface area contributed by atoms with Crippen molar-refractivity contribution in [2.24, 2.45) is 0 Å². The van der Waals surface area contributed by atoms with Gasteiger partial charge in [0.1, 0.15) is 17.9 Å². The van der Waals surface area contributed by atoms with Gasteiger partial charge in [-0.2, -0.15) is 0 Å². The summed E-state index contributed by atoms with van der Waals surface area (Å²) in [7, 11) is 0. The zero-order chi connectivity index (χ0) is 18.7. The van der Waals surface area contributed by atoms with Crippen LogP contribution in [0.2, 0.25) is 0 Å². The summed E-state index contributed by atoms with van der Waals surface area (Å²) < 4.78 is 15.9. The Hall–Kier alpha value is -3.08. The van der Waals surface area contributed by atoms with Crippen molar-refractivity contribution in [2.75, 3.05) is 6.61 Å². The molecule has 0 saturated heterocycles. The summed E-state index contributed by atoms with van der Waals surface area (Å²) in [5.74, 6) is 0.114. The lowest BCUT2D eigenvalue weighted by Crippen LogP contribution is -2.15. The number of carbonyl (C=O) groups excluding carboxylic acids is 1. The first-order valence-electron chi connectivity index (χ1n) is 8.31. The van der Waals surface area contributed by atoms with Gasteiger partial charge in [0, 0.05) is 17.0 Å². The minimum atomic E-state index is -0.503. The maximum Gasteiger partial charge on any atom is 0.344 e. The van der Waals surface area contributed by atoms with Crippen LogP contribution in [0.3, 0.4) is 0 Å². The van der Waals surface area contributed by atoms with Crippen LogP contribution in [0.1, 0.15) is 22.3 Å². The Labute approximate surface area is 151 Å². The van der Waals surface area contributed by atoms with Gasteiger partial charge in [-0.15, -0.1) is 0 Å². The molecule has 0 aliphatic heterocycles. The van der Waals surface area contributed by atoms with Gasteiger partial charge < -0.3 is 13.9 Å². The molecule has 0 spiro atoms. The van der Waals surface area contributed by atoms with E-state index < -0.39 is 11.6 Å². The van der Waals surface area contributed by atoms with E-state index in [0.717, 1.165) is 22.1 Å². The number of fused-ring (bicyclic) bond motifs is 1. The van der Waals surface area contributed by atoms with E-state index in [2.05, 4.69) is 0 Å². The van der Waals surface area contributed by atoms with Crippen LogP contribution in [0.15, 0.2) is 51.7 Å². The predicted octanol–water partition coefficient (Wildman–Crippen LogP) is 3.84. The SMILES string of the molecule is Cc1ccc2c(COC(=O)COc3ccc(C)c(C)c3)cc(=O)oc2c1. The number of ether oxygens (including phenoxy) is 2. The van der Waals surface area contributed by atoms with Gasteiger partial charge in [0.15, 0.2) is 6.61 Å². The van der Waals surface area contributed by atoms with E-state index in [9.17, 15) is 9.59 Å². The van der Waals surface area contributed by atoms with E-state index in [1.54, 1.807) is 6.07 Å². The normalized spacial score (nSPS) is 10.7. The maximum atomic E-state index is 12.0. The van der Waals surface area contributed by atoms with E-state index >= 15 is 0 Å². The lowest BCUT2D eigenvalue weighted by Gasteiger charge is -2.10. The Morgan fingerprint density at radius 3 is 2.58 bits per heavy atom. The minimum absolute atomic E-state index is 0.0136. The van der Waals surface area contributed by atoms with Crippen LogP contribution >= 0.6 is 0 Å². The molecule has 0 amide bonds. The molecule has 0 atom stereocenters. The van der Waals surface area contributed by atoms with Crippen molar-refractivity contribution >= 4 is 16.9 Å². The van der Waals surface area contributed by atoms with Gasteiger partial charge in [0.05, 0.1) is 0 Å². The van der Waals surface area contributed by atoms with Crippen molar-refractivity contribution in [1.82, 2.24) is 0 Å². The Balaban J connectivity index is 1.65. The highest BCUT2D eigenvalue weighted by Crippen LogP contribution is 2.19. The fourth-order valence-electron chi connectivity index (χ4n) is 2.60. The summed E-state index contributed by atoms with van der Waals surface area (Å²) in [5.41, 5.74) is 3.85. The fraction of sp³-hybridized carbons (Fsp3) is 0.238. The topological polar surface area (TPSA) is 65.7 Å². The molecule has 5 heteroatoms. The van der Waals surface area contributed by atoms with E-state index in [1.807, 2.05) is 51.1 Å².